The molecule has 4 aromatic rings. The van der Waals surface area contributed by atoms with Crippen LogP contribution in [0.15, 0.2) is 78.9 Å². The first-order valence-electron chi connectivity index (χ1n) is 11.3. The molecule has 0 saturated carbocycles. The Balaban J connectivity index is 1.34. The molecule has 0 unspecified atom stereocenters. The lowest BCUT2D eigenvalue weighted by Gasteiger charge is -2.19. The van der Waals surface area contributed by atoms with E-state index in [9.17, 15) is 14.4 Å². The number of methoxy groups -OCH3 is 2. The molecule has 0 spiro atoms. The van der Waals surface area contributed by atoms with Gasteiger partial charge in [0.05, 0.1) is 36.6 Å². The largest absolute Gasteiger partial charge is 0.496 e. The average molecular weight is 512 g/mol. The number of hydrogen-bond acceptors (Lipinski definition) is 6. The molecule has 1 heterocycles. The molecule has 0 saturated heterocycles. The van der Waals surface area contributed by atoms with Gasteiger partial charge in [0.25, 0.3) is 17.7 Å². The molecule has 5 rings (SSSR count). The Hall–Kier alpha value is -4.76. The minimum atomic E-state index is -0.435. The van der Waals surface area contributed by atoms with Crippen molar-refractivity contribution in [2.45, 2.75) is 0 Å². The highest BCUT2D eigenvalue weighted by atomic mass is 32.1. The van der Waals surface area contributed by atoms with E-state index in [2.05, 4.69) is 10.6 Å². The predicted molar refractivity (Wildman–Crippen MR) is 145 cm³/mol. The number of benzene rings is 4. The lowest BCUT2D eigenvalue weighted by molar-refractivity contribution is 0.0922. The van der Waals surface area contributed by atoms with Gasteiger partial charge in [0.15, 0.2) is 5.11 Å². The Labute approximate surface area is 217 Å². The van der Waals surface area contributed by atoms with E-state index < -0.39 is 17.7 Å². The Morgan fingerprint density at radius 1 is 0.784 bits per heavy atom. The van der Waals surface area contributed by atoms with Crippen LogP contribution in [-0.2, 0) is 0 Å². The number of thiocarbonyl (C=S) groups is 1. The first kappa shape index (κ1) is 24.0. The number of rotatable bonds is 5. The lowest BCUT2D eigenvalue weighted by Crippen LogP contribution is -2.34. The predicted octanol–water partition coefficient (Wildman–Crippen LogP) is 4.78. The van der Waals surface area contributed by atoms with E-state index in [0.29, 0.717) is 33.8 Å². The fourth-order valence-electron chi connectivity index (χ4n) is 4.25. The number of ether oxygens (including phenoxy) is 2. The van der Waals surface area contributed by atoms with Crippen LogP contribution in [0.2, 0.25) is 0 Å². The van der Waals surface area contributed by atoms with Crippen molar-refractivity contribution in [1.82, 2.24) is 5.32 Å². The van der Waals surface area contributed by atoms with Gasteiger partial charge < -0.3 is 14.8 Å². The molecule has 9 heteroatoms. The molecule has 184 valence electrons. The second-order valence-electron chi connectivity index (χ2n) is 8.19. The first-order chi connectivity index (χ1) is 17.9. The minimum Gasteiger partial charge on any atom is -0.496 e. The van der Waals surface area contributed by atoms with E-state index >= 15 is 0 Å². The van der Waals surface area contributed by atoms with Crippen LogP contribution in [-0.4, -0.2) is 37.1 Å². The quantitative estimate of drug-likeness (QED) is 0.294. The van der Waals surface area contributed by atoms with Crippen LogP contribution in [0.3, 0.4) is 0 Å². The van der Waals surface area contributed by atoms with E-state index in [1.807, 2.05) is 24.3 Å². The summed E-state index contributed by atoms with van der Waals surface area (Å²) in [5, 5.41) is 7.49. The summed E-state index contributed by atoms with van der Waals surface area (Å²) in [7, 11) is 2.94. The van der Waals surface area contributed by atoms with Gasteiger partial charge in [-0.05, 0) is 59.4 Å². The third-order valence-electron chi connectivity index (χ3n) is 6.01. The molecule has 0 aliphatic carbocycles. The number of carbonyl (C=O) groups is 3. The maximum absolute atomic E-state index is 13.0. The topological polar surface area (TPSA) is 97.0 Å². The second-order valence-corrected chi connectivity index (χ2v) is 8.59. The fraction of sp³-hybridized carbons (Fsp3) is 0.0714. The summed E-state index contributed by atoms with van der Waals surface area (Å²) in [6.07, 6.45) is 0. The minimum absolute atomic E-state index is 0.0516. The van der Waals surface area contributed by atoms with Crippen LogP contribution in [0.1, 0.15) is 31.1 Å². The van der Waals surface area contributed by atoms with Crippen molar-refractivity contribution in [3.8, 4) is 11.5 Å². The molecule has 0 aromatic heterocycles. The van der Waals surface area contributed by atoms with Crippen molar-refractivity contribution in [2.75, 3.05) is 24.4 Å². The van der Waals surface area contributed by atoms with Gasteiger partial charge in [0.1, 0.15) is 11.5 Å². The number of amides is 3. The summed E-state index contributed by atoms with van der Waals surface area (Å²) >= 11 is 5.35. The molecule has 3 amide bonds. The van der Waals surface area contributed by atoms with Crippen LogP contribution in [0.5, 0.6) is 11.5 Å². The van der Waals surface area contributed by atoms with Crippen molar-refractivity contribution >= 4 is 57.2 Å². The van der Waals surface area contributed by atoms with Gasteiger partial charge in [-0.25, -0.2) is 4.90 Å². The van der Waals surface area contributed by atoms with Crippen LogP contribution < -0.4 is 25.0 Å². The maximum Gasteiger partial charge on any atom is 0.266 e. The standard InChI is InChI=1S/C28H21N3O5S/c1-35-23-14-17-8-4-3-7-16(17)13-21(23)25(32)30-28(37)29-18-11-12-22(24(15-18)36-2)31-26(33)19-9-5-6-10-20(19)27(31)34/h3-15H,1-2H3,(H2,29,30,32,37). The molecule has 2 N–H and O–H groups in total. The van der Waals surface area contributed by atoms with Crippen LogP contribution in [0.25, 0.3) is 10.8 Å². The summed E-state index contributed by atoms with van der Waals surface area (Å²) in [4.78, 5) is 39.8. The Bertz CT molecular complexity index is 1570. The molecular weight excluding hydrogens is 490 g/mol. The molecule has 37 heavy (non-hydrogen) atoms. The highest BCUT2D eigenvalue weighted by molar-refractivity contribution is 7.80. The highest BCUT2D eigenvalue weighted by Crippen LogP contribution is 2.36. The van der Waals surface area contributed by atoms with Crippen LogP contribution >= 0.6 is 12.2 Å². The SMILES string of the molecule is COc1cc2ccccc2cc1C(=O)NC(=S)Nc1ccc(N2C(=O)c3ccccc3C2=O)c(OC)c1. The Morgan fingerprint density at radius 2 is 1.38 bits per heavy atom. The van der Waals surface area contributed by atoms with Gasteiger partial charge in [0, 0.05) is 11.8 Å². The third-order valence-corrected chi connectivity index (χ3v) is 6.22. The van der Waals surface area contributed by atoms with Crippen LogP contribution in [0.4, 0.5) is 11.4 Å². The number of nitrogens with zero attached hydrogens (tertiary/aromatic N) is 1. The number of anilines is 2. The van der Waals surface area contributed by atoms with Crippen molar-refractivity contribution in [3.05, 3.63) is 95.6 Å². The fourth-order valence-corrected chi connectivity index (χ4v) is 4.46. The second kappa shape index (κ2) is 9.71. The van der Waals surface area contributed by atoms with Crippen molar-refractivity contribution in [2.24, 2.45) is 0 Å². The van der Waals surface area contributed by atoms with E-state index in [1.165, 1.54) is 14.2 Å². The summed E-state index contributed by atoms with van der Waals surface area (Å²) in [5.41, 5.74) is 1.81. The van der Waals surface area contributed by atoms with E-state index in [4.69, 9.17) is 21.7 Å². The zero-order valence-corrected chi connectivity index (χ0v) is 20.7. The molecule has 0 atom stereocenters. The van der Waals surface area contributed by atoms with Gasteiger partial charge in [-0.3, -0.25) is 19.7 Å². The molecule has 1 aliphatic heterocycles. The van der Waals surface area contributed by atoms with Gasteiger partial charge >= 0.3 is 0 Å². The van der Waals surface area contributed by atoms with Gasteiger partial charge in [-0.1, -0.05) is 36.4 Å². The molecule has 0 bridgehead atoms. The van der Waals surface area contributed by atoms with Crippen LogP contribution in [0, 0.1) is 0 Å². The van der Waals surface area contributed by atoms with Crippen molar-refractivity contribution < 1.29 is 23.9 Å². The molecule has 1 aliphatic rings. The van der Waals surface area contributed by atoms with Gasteiger partial charge in [-0.2, -0.15) is 0 Å². The van der Waals surface area contributed by atoms with Crippen molar-refractivity contribution in [1.29, 1.82) is 0 Å². The molecule has 0 fully saturated rings. The Kier molecular flexibility index (Phi) is 6.29. The summed E-state index contributed by atoms with van der Waals surface area (Å²) in [5.74, 6) is -0.580. The average Bonchev–Trinajstić information content (AvgIpc) is 3.17. The highest BCUT2D eigenvalue weighted by Gasteiger charge is 2.37. The monoisotopic (exact) mass is 511 g/mol. The van der Waals surface area contributed by atoms with E-state index in [-0.39, 0.29) is 10.9 Å². The van der Waals surface area contributed by atoms with Crippen molar-refractivity contribution in [3.63, 3.8) is 0 Å². The summed E-state index contributed by atoms with van der Waals surface area (Å²) < 4.78 is 10.9. The molecule has 8 nitrogen and oxygen atoms in total. The Morgan fingerprint density at radius 3 is 2.00 bits per heavy atom. The van der Waals surface area contributed by atoms with E-state index in [1.54, 1.807) is 54.6 Å². The number of hydrogen-bond donors (Lipinski definition) is 2. The van der Waals surface area contributed by atoms with Gasteiger partial charge in [-0.15, -0.1) is 0 Å². The number of imide groups is 1. The maximum atomic E-state index is 13.0. The number of nitrogens with one attached hydrogen (secondary N) is 2. The third kappa shape index (κ3) is 4.36. The molecular formula is C28H21N3O5S. The summed E-state index contributed by atoms with van der Waals surface area (Å²) in [6.45, 7) is 0. The number of carbonyl (C=O) groups excluding carboxylic acids is 3. The lowest BCUT2D eigenvalue weighted by atomic mass is 10.1. The number of fused-ring (bicyclic) bond motifs is 2. The van der Waals surface area contributed by atoms with Gasteiger partial charge in [0.2, 0.25) is 0 Å². The molecule has 0 radical (unpaired) electrons. The summed E-state index contributed by atoms with van der Waals surface area (Å²) in [6, 6.07) is 22.6. The van der Waals surface area contributed by atoms with E-state index in [0.717, 1.165) is 15.7 Å². The zero-order chi connectivity index (χ0) is 26.1. The first-order valence-corrected chi connectivity index (χ1v) is 11.7. The molecule has 4 aromatic carbocycles. The smallest absolute Gasteiger partial charge is 0.266 e. The normalized spacial score (nSPS) is 12.3. The zero-order valence-electron chi connectivity index (χ0n) is 19.9.